The normalized spacial score (nSPS) is 27.3. The van der Waals surface area contributed by atoms with Crippen LogP contribution >= 0.6 is 11.8 Å². The number of amidine groups is 1. The summed E-state index contributed by atoms with van der Waals surface area (Å²) in [5, 5.41) is -0.395. The molecule has 6 unspecified atom stereocenters. The molecule has 55 heavy (non-hydrogen) atoms. The van der Waals surface area contributed by atoms with Gasteiger partial charge in [-0.3, -0.25) is 4.99 Å². The first-order chi connectivity index (χ1) is 27.1. The van der Waals surface area contributed by atoms with Gasteiger partial charge in [-0.05, 0) is 126 Å². The van der Waals surface area contributed by atoms with Crippen molar-refractivity contribution in [2.24, 2.45) is 39.2 Å². The molecule has 6 aliphatic carbocycles. The van der Waals surface area contributed by atoms with E-state index in [-0.39, 0.29) is 16.8 Å². The van der Waals surface area contributed by atoms with E-state index in [0.29, 0.717) is 17.8 Å². The molecule has 4 nitrogen and oxygen atoms in total. The fourth-order valence-corrected chi connectivity index (χ4v) is 10.7. The first-order valence-electron chi connectivity index (χ1n) is 20.8. The molecule has 2 aromatic carbocycles. The summed E-state index contributed by atoms with van der Waals surface area (Å²) in [5.74, 6) is 2.36. The van der Waals surface area contributed by atoms with Crippen LogP contribution in [0.15, 0.2) is 165 Å². The summed E-state index contributed by atoms with van der Waals surface area (Å²) in [4.78, 5) is 10.5. The van der Waals surface area contributed by atoms with Crippen LogP contribution in [-0.2, 0) is 0 Å². The Kier molecular flexibility index (Phi) is 10.9. The Morgan fingerprint density at radius 1 is 0.764 bits per heavy atom. The van der Waals surface area contributed by atoms with Crippen molar-refractivity contribution in [3.63, 3.8) is 0 Å². The maximum atomic E-state index is 6.92. The van der Waals surface area contributed by atoms with Crippen LogP contribution in [-0.4, -0.2) is 23.0 Å². The van der Waals surface area contributed by atoms with Crippen molar-refractivity contribution in [2.75, 3.05) is 0 Å². The number of fused-ring (bicyclic) bond motifs is 2. The number of aliphatic imine (C=N–C) groups is 2. The van der Waals surface area contributed by atoms with Gasteiger partial charge in [-0.2, -0.15) is 0 Å². The number of hydrogen-bond acceptors (Lipinski definition) is 5. The van der Waals surface area contributed by atoms with Crippen molar-refractivity contribution >= 4 is 28.9 Å². The SMILES string of the molecule is NC(SC(N)c1cccc(C2=CC(C3=CCC(C4CC(c5ccccc5)=NC(C5=CCCCC5)=N4)C=C3)=C3CCCCC3C2)c1)C1=C2C=CC=CC2CC=C1. The van der Waals surface area contributed by atoms with E-state index in [4.69, 9.17) is 21.5 Å². The molecule has 1 aliphatic heterocycles. The molecule has 9 rings (SSSR count). The van der Waals surface area contributed by atoms with Gasteiger partial charge in [0.05, 0.1) is 22.5 Å². The zero-order chi connectivity index (χ0) is 37.1. The van der Waals surface area contributed by atoms with Crippen molar-refractivity contribution < 1.29 is 0 Å². The Bertz CT molecular complexity index is 2150. The van der Waals surface area contributed by atoms with E-state index in [0.717, 1.165) is 49.9 Å². The predicted molar refractivity (Wildman–Crippen MR) is 234 cm³/mol. The lowest BCUT2D eigenvalue weighted by Crippen LogP contribution is -2.28. The molecule has 7 aliphatic rings. The molecule has 0 spiro atoms. The number of nitrogens with two attached hydrogens (primary N) is 2. The lowest BCUT2D eigenvalue weighted by Gasteiger charge is -2.34. The summed E-state index contributed by atoms with van der Waals surface area (Å²) in [6, 6.07) is 19.9. The second-order valence-corrected chi connectivity index (χ2v) is 17.6. The van der Waals surface area contributed by atoms with Crippen molar-refractivity contribution in [3.05, 3.63) is 172 Å². The van der Waals surface area contributed by atoms with Crippen LogP contribution in [0.5, 0.6) is 0 Å². The average Bonchev–Trinajstić information content (AvgIpc) is 3.26. The van der Waals surface area contributed by atoms with Gasteiger partial charge in [0.15, 0.2) is 5.84 Å². The third-order valence-electron chi connectivity index (χ3n) is 12.8. The number of nitrogens with zero attached hydrogens (tertiary/aromatic N) is 2. The minimum atomic E-state index is -0.213. The highest BCUT2D eigenvalue weighted by atomic mass is 32.2. The molecule has 2 aromatic rings. The third-order valence-corrected chi connectivity index (χ3v) is 13.9. The van der Waals surface area contributed by atoms with Gasteiger partial charge >= 0.3 is 0 Å². The van der Waals surface area contributed by atoms with Gasteiger partial charge in [-0.15, -0.1) is 11.8 Å². The highest BCUT2D eigenvalue weighted by Crippen LogP contribution is 2.46. The molecule has 1 saturated carbocycles. The van der Waals surface area contributed by atoms with Crippen molar-refractivity contribution in [3.8, 4) is 0 Å². The van der Waals surface area contributed by atoms with Crippen molar-refractivity contribution in [1.29, 1.82) is 0 Å². The molecular weight excluding hydrogens is 689 g/mol. The highest BCUT2D eigenvalue weighted by molar-refractivity contribution is 8.00. The minimum absolute atomic E-state index is 0.182. The van der Waals surface area contributed by atoms with E-state index >= 15 is 0 Å². The first-order valence-corrected chi connectivity index (χ1v) is 21.8. The molecule has 0 saturated heterocycles. The Morgan fingerprint density at radius 3 is 2.51 bits per heavy atom. The summed E-state index contributed by atoms with van der Waals surface area (Å²) < 4.78 is 0. The third kappa shape index (κ3) is 7.90. The molecule has 1 heterocycles. The quantitative estimate of drug-likeness (QED) is 0.251. The van der Waals surface area contributed by atoms with Crippen molar-refractivity contribution in [2.45, 2.75) is 93.8 Å². The second-order valence-electron chi connectivity index (χ2n) is 16.3. The van der Waals surface area contributed by atoms with Crippen LogP contribution in [0.1, 0.15) is 99.1 Å². The lowest BCUT2D eigenvalue weighted by molar-refractivity contribution is 0.454. The smallest absolute Gasteiger partial charge is 0.150 e. The van der Waals surface area contributed by atoms with Crippen LogP contribution in [0, 0.1) is 17.8 Å². The maximum absolute atomic E-state index is 6.92. The summed E-state index contributed by atoms with van der Waals surface area (Å²) in [7, 11) is 0. The maximum Gasteiger partial charge on any atom is 0.150 e. The van der Waals surface area contributed by atoms with Crippen LogP contribution in [0.3, 0.4) is 0 Å². The second kappa shape index (κ2) is 16.4. The molecule has 4 N–H and O–H groups in total. The molecule has 5 heteroatoms. The van der Waals surface area contributed by atoms with Gasteiger partial charge in [0.1, 0.15) is 0 Å². The van der Waals surface area contributed by atoms with E-state index in [1.165, 1.54) is 88.8 Å². The summed E-state index contributed by atoms with van der Waals surface area (Å²) in [5.41, 5.74) is 28.4. The minimum Gasteiger partial charge on any atom is -0.316 e. The molecule has 1 fully saturated rings. The van der Waals surface area contributed by atoms with Crippen molar-refractivity contribution in [1.82, 2.24) is 0 Å². The zero-order valence-electron chi connectivity index (χ0n) is 32.0. The summed E-state index contributed by atoms with van der Waals surface area (Å²) >= 11 is 1.65. The molecular formula is C50H54N4S. The first kappa shape index (κ1) is 36.4. The zero-order valence-corrected chi connectivity index (χ0v) is 32.8. The van der Waals surface area contributed by atoms with Gasteiger partial charge in [0.2, 0.25) is 0 Å². The van der Waals surface area contributed by atoms with Crippen LogP contribution in [0.4, 0.5) is 0 Å². The van der Waals surface area contributed by atoms with E-state index < -0.39 is 0 Å². The number of rotatable bonds is 9. The van der Waals surface area contributed by atoms with E-state index in [1.807, 2.05) is 0 Å². The fourth-order valence-electron chi connectivity index (χ4n) is 9.73. The van der Waals surface area contributed by atoms with E-state index in [9.17, 15) is 0 Å². The number of benzene rings is 2. The number of thioether (sulfide) groups is 1. The molecule has 280 valence electrons. The largest absolute Gasteiger partial charge is 0.316 e. The lowest BCUT2D eigenvalue weighted by atomic mass is 9.71. The topological polar surface area (TPSA) is 76.8 Å². The van der Waals surface area contributed by atoms with Crippen LogP contribution in [0.25, 0.3) is 5.57 Å². The van der Waals surface area contributed by atoms with E-state index in [1.54, 1.807) is 17.3 Å². The van der Waals surface area contributed by atoms with Gasteiger partial charge in [-0.1, -0.05) is 127 Å². The Hall–Kier alpha value is -4.29. The van der Waals surface area contributed by atoms with Crippen LogP contribution in [0.2, 0.25) is 0 Å². The monoisotopic (exact) mass is 742 g/mol. The fraction of sp³-hybridized carbons (Fsp3) is 0.360. The standard InChI is InChI=1S/C50H54N4S/c51-48(55-49(52)44-24-12-19-33-13-7-9-22-42(33)44)40-21-11-20-38(29-40)41-30-39-18-8-10-23-43(39)45(31-41)34-25-27-36(28-26-34)47-32-46(35-14-3-1-4-15-35)53-50(54-47)37-16-5-2-6-17-37/h1,3-4,7,9,11-16,20-22,24-27,29,31,33,36,39,47-49H,2,5-6,8,10,17-19,23,28,30,32,51-52H2. The molecule has 0 bridgehead atoms. The predicted octanol–water partition coefficient (Wildman–Crippen LogP) is 11.6. The van der Waals surface area contributed by atoms with Gasteiger partial charge in [0.25, 0.3) is 0 Å². The Morgan fingerprint density at radius 2 is 1.65 bits per heavy atom. The summed E-state index contributed by atoms with van der Waals surface area (Å²) in [6.45, 7) is 0. The Labute approximate surface area is 332 Å². The number of hydrogen-bond donors (Lipinski definition) is 2. The van der Waals surface area contributed by atoms with Gasteiger partial charge in [-0.25, -0.2) is 4.99 Å². The van der Waals surface area contributed by atoms with Gasteiger partial charge in [0, 0.05) is 18.3 Å². The Balaban J connectivity index is 0.949. The van der Waals surface area contributed by atoms with E-state index in [2.05, 4.69) is 121 Å². The highest BCUT2D eigenvalue weighted by Gasteiger charge is 2.31. The molecule has 6 atom stereocenters. The van der Waals surface area contributed by atoms with Crippen LogP contribution < -0.4 is 11.5 Å². The van der Waals surface area contributed by atoms with Gasteiger partial charge < -0.3 is 11.5 Å². The molecule has 0 radical (unpaired) electrons. The number of allylic oxidation sites excluding steroid dienone is 14. The molecule has 0 aromatic heterocycles. The molecule has 0 amide bonds. The average molecular weight is 743 g/mol. The summed E-state index contributed by atoms with van der Waals surface area (Å²) in [6.07, 6.45) is 39.4.